The van der Waals surface area contributed by atoms with Crippen molar-refractivity contribution in [3.63, 3.8) is 0 Å². The number of hydrogen-bond acceptors (Lipinski definition) is 1. The molecule has 0 aliphatic carbocycles. The Labute approximate surface area is 242 Å². The SMILES string of the molecule is O.[K+].[K+].[K+].[K+].[O]=[Nb-4]([F])([F])([F])([F])([F])([F])[F]. The molecule has 0 rings (SSSR count). The quantitative estimate of drug-likeness (QED) is 0.286. The fourth-order valence-corrected chi connectivity index (χ4v) is 0. The van der Waals surface area contributed by atoms with E-state index in [1.54, 1.807) is 0 Å². The van der Waals surface area contributed by atoms with Crippen molar-refractivity contribution >= 4 is 0 Å². The molecule has 0 aromatic carbocycles. The molecular formula is H2F7K4NbO2. The predicted molar refractivity (Wildman–Crippen MR) is 12.1 cm³/mol. The summed E-state index contributed by atoms with van der Waals surface area (Å²) in [5.41, 5.74) is 0. The van der Waals surface area contributed by atoms with E-state index in [1.165, 1.54) is 0 Å². The van der Waals surface area contributed by atoms with Crippen LogP contribution in [-0.4, -0.2) is 5.48 Å². The Hall–Kier alpha value is 6.56. The molecule has 0 aliphatic heterocycles. The van der Waals surface area contributed by atoms with Gasteiger partial charge in [-0.2, -0.15) is 0 Å². The van der Waals surface area contributed by atoms with Crippen LogP contribution in [0.3, 0.4) is 0 Å². The van der Waals surface area contributed by atoms with Crippen LogP contribution in [0.5, 0.6) is 0 Å². The molecule has 0 spiro atoms. The third-order valence-electron chi connectivity index (χ3n) is 0. The summed E-state index contributed by atoms with van der Waals surface area (Å²) < 4.78 is 78.3. The van der Waals surface area contributed by atoms with Gasteiger partial charge in [-0.15, -0.1) is 0 Å². The standard InChI is InChI=1S/7FH.4K.Nb.H2O.O/h7*1H;;;;;;1H2;/q;;;;;;;4*+1;+3;;/p-7. The second kappa shape index (κ2) is 5.64. The van der Waals surface area contributed by atoms with E-state index >= 15 is 0 Å². The molecule has 2 N–H and O–H groups in total. The maximum absolute atomic E-state index is 15.1. The minimum absolute atomic E-state index is 0. The Morgan fingerprint density at radius 1 is 0.571 bits per heavy atom. The molecule has 0 aliphatic rings. The van der Waals surface area contributed by atoms with Crippen molar-refractivity contribution in [2.75, 3.05) is 0 Å². The first-order valence-corrected chi connectivity index (χ1v) is 8.08. The molecule has 0 atom stereocenters. The van der Waals surface area contributed by atoms with Crippen molar-refractivity contribution in [2.45, 2.75) is 0 Å². The van der Waals surface area contributed by atoms with Gasteiger partial charge in [-0.25, -0.2) is 0 Å². The van der Waals surface area contributed by atoms with Gasteiger partial charge in [0, 0.05) is 0 Å². The molecule has 14 heteroatoms. The van der Waals surface area contributed by atoms with Crippen molar-refractivity contribution in [1.29, 1.82) is 0 Å². The molecule has 0 saturated carbocycles. The van der Waals surface area contributed by atoms with Gasteiger partial charge in [-0.1, -0.05) is 0 Å². The van der Waals surface area contributed by atoms with Crippen LogP contribution in [0.15, 0.2) is 0 Å². The van der Waals surface area contributed by atoms with E-state index < -0.39 is 15.7 Å². The molecule has 0 fully saturated rings. The van der Waals surface area contributed by atoms with Gasteiger partial charge in [0.2, 0.25) is 0 Å². The Balaban J connectivity index is -0.0000000320. The Morgan fingerprint density at radius 3 is 0.571 bits per heavy atom. The maximum atomic E-state index is 10.1. The van der Waals surface area contributed by atoms with Crippen LogP contribution < -0.4 is 206 Å². The summed E-state index contributed by atoms with van der Waals surface area (Å²) in [6.07, 6.45) is 0. The van der Waals surface area contributed by atoms with Crippen LogP contribution >= 0.6 is 0 Å². The number of halogens is 7. The summed E-state index contributed by atoms with van der Waals surface area (Å²) in [4.78, 5) is 0. The number of rotatable bonds is 0. The topological polar surface area (TPSA) is 48.6 Å². The molecule has 0 bridgehead atoms. The zero-order valence-electron chi connectivity index (χ0n) is 8.00. The first-order valence-electron chi connectivity index (χ1n) is 1.37. The summed E-state index contributed by atoms with van der Waals surface area (Å²) >= 11 is -15.1. The fraction of sp³-hybridized carbons (Fsp3) is 0. The van der Waals surface area contributed by atoms with Crippen molar-refractivity contribution < 1.29 is 251 Å². The summed E-state index contributed by atoms with van der Waals surface area (Å²) in [6.45, 7) is 0. The van der Waals surface area contributed by atoms with Gasteiger partial charge in [0.15, 0.2) is 0 Å². The fourth-order valence-electron chi connectivity index (χ4n) is 0. The van der Waals surface area contributed by atoms with Crippen molar-refractivity contribution in [1.82, 2.24) is 0 Å². The molecular weight excluding hydrogens is 414 g/mol. The molecule has 0 unspecified atom stereocenters. The van der Waals surface area contributed by atoms with Crippen LogP contribution in [-0.2, 0) is 18.9 Å². The third kappa shape index (κ3) is 133. The summed E-state index contributed by atoms with van der Waals surface area (Å²) in [5.74, 6) is 0. The van der Waals surface area contributed by atoms with Gasteiger partial charge in [-0.3, -0.25) is 0 Å². The molecule has 0 saturated heterocycles. The van der Waals surface area contributed by atoms with Gasteiger partial charge < -0.3 is 5.48 Å². The van der Waals surface area contributed by atoms with Crippen LogP contribution in [0, 0.1) is 0 Å². The van der Waals surface area contributed by atoms with Crippen molar-refractivity contribution in [3.8, 4) is 0 Å². The average molecular weight is 416 g/mol. The third-order valence-corrected chi connectivity index (χ3v) is 0. The summed E-state index contributed by atoms with van der Waals surface area (Å²) in [6, 6.07) is 0. The van der Waals surface area contributed by atoms with E-state index in [4.69, 9.17) is 3.25 Å². The van der Waals surface area contributed by atoms with E-state index in [-0.39, 0.29) is 211 Å². The Bertz CT molecular complexity index is 250. The molecule has 0 amide bonds. The van der Waals surface area contributed by atoms with Crippen LogP contribution in [0.2, 0.25) is 0 Å². The van der Waals surface area contributed by atoms with E-state index in [1.807, 2.05) is 0 Å². The van der Waals surface area contributed by atoms with E-state index in [9.17, 15) is 21.2 Å². The molecule has 0 aromatic rings. The van der Waals surface area contributed by atoms with Gasteiger partial charge in [0.05, 0.1) is 0 Å². The first kappa shape index (κ1) is 37.1. The molecule has 72 valence electrons. The van der Waals surface area contributed by atoms with Crippen LogP contribution in [0.4, 0.5) is 21.2 Å². The molecule has 0 heterocycles. The zero-order chi connectivity index (χ0) is 8.35. The Morgan fingerprint density at radius 2 is 0.571 bits per heavy atom. The van der Waals surface area contributed by atoms with Crippen molar-refractivity contribution in [2.24, 2.45) is 0 Å². The zero-order valence-corrected chi connectivity index (χ0v) is 22.7. The summed E-state index contributed by atoms with van der Waals surface area (Å²) in [7, 11) is 0. The van der Waals surface area contributed by atoms with Gasteiger partial charge in [-0.05, 0) is 0 Å². The number of hydrogen-bond donors (Lipinski definition) is 0. The van der Waals surface area contributed by atoms with Gasteiger partial charge in [0.25, 0.3) is 0 Å². The van der Waals surface area contributed by atoms with Gasteiger partial charge >= 0.3 is 246 Å². The predicted octanol–water partition coefficient (Wildman–Crippen LogP) is -9.99. The second-order valence-corrected chi connectivity index (χ2v) is 10.8. The van der Waals surface area contributed by atoms with Crippen molar-refractivity contribution in [3.05, 3.63) is 0 Å². The van der Waals surface area contributed by atoms with E-state index in [0.29, 0.717) is 0 Å². The molecule has 14 heavy (non-hydrogen) atoms. The monoisotopic (exact) mass is 416 g/mol. The van der Waals surface area contributed by atoms with Gasteiger partial charge in [0.1, 0.15) is 0 Å². The molecule has 2 nitrogen and oxygen atoms in total. The second-order valence-electron chi connectivity index (χ2n) is 1.82. The van der Waals surface area contributed by atoms with Crippen LogP contribution in [0.25, 0.3) is 0 Å². The van der Waals surface area contributed by atoms with E-state index in [2.05, 4.69) is 0 Å². The normalized spacial score (nSPS) is 19.9. The molecule has 0 radical (unpaired) electrons. The van der Waals surface area contributed by atoms with E-state index in [0.717, 1.165) is 0 Å². The van der Waals surface area contributed by atoms with Crippen LogP contribution in [0.1, 0.15) is 0 Å². The minimum atomic E-state index is -15.1. The Kier molecular flexibility index (Phi) is 14.9. The first-order chi connectivity index (χ1) is 2.83. The average Bonchev–Trinajstić information content (AvgIpc) is 0.503. The molecule has 0 aromatic heterocycles. The summed E-state index contributed by atoms with van der Waals surface area (Å²) in [5, 5.41) is 0.